The van der Waals surface area contributed by atoms with Crippen molar-refractivity contribution in [2.24, 2.45) is 11.8 Å². The van der Waals surface area contributed by atoms with Gasteiger partial charge in [0.05, 0.1) is 0 Å². The van der Waals surface area contributed by atoms with Crippen molar-refractivity contribution in [2.75, 3.05) is 33.2 Å². The van der Waals surface area contributed by atoms with Crippen LogP contribution in [0.3, 0.4) is 0 Å². The molecule has 0 amide bonds. The smallest absolute Gasteiger partial charge is 0.0104 e. The lowest BCUT2D eigenvalue weighted by molar-refractivity contribution is 0.300. The van der Waals surface area contributed by atoms with Gasteiger partial charge in [-0.2, -0.15) is 0 Å². The minimum atomic E-state index is 0.760. The first-order valence-corrected chi connectivity index (χ1v) is 6.45. The van der Waals surface area contributed by atoms with Crippen molar-refractivity contribution < 1.29 is 0 Å². The van der Waals surface area contributed by atoms with Crippen LogP contribution in [0.4, 0.5) is 0 Å². The highest BCUT2D eigenvalue weighted by atomic mass is 15.1. The molecule has 2 nitrogen and oxygen atoms in total. The molecule has 1 N–H and O–H groups in total. The Balaban J connectivity index is 3.29. The number of nitrogens with one attached hydrogen (secondary N) is 1. The van der Waals surface area contributed by atoms with E-state index in [0.717, 1.165) is 24.9 Å². The normalized spacial score (nSPS) is 13.8. The summed E-state index contributed by atoms with van der Waals surface area (Å²) in [5.41, 5.74) is 0. The number of hydrogen-bond donors (Lipinski definition) is 1. The van der Waals surface area contributed by atoms with Crippen molar-refractivity contribution in [3.63, 3.8) is 0 Å². The van der Waals surface area contributed by atoms with Gasteiger partial charge in [0, 0.05) is 13.1 Å². The molecule has 0 bridgehead atoms. The Kier molecular flexibility index (Phi) is 9.12. The molecule has 0 saturated carbocycles. The fourth-order valence-corrected chi connectivity index (χ4v) is 1.42. The maximum absolute atomic E-state index is 3.48. The molecule has 0 aromatic rings. The summed E-state index contributed by atoms with van der Waals surface area (Å²) >= 11 is 0. The Hall–Kier alpha value is -0.0800. The van der Waals surface area contributed by atoms with Crippen LogP contribution in [0.5, 0.6) is 0 Å². The molecule has 2 heteroatoms. The third kappa shape index (κ3) is 10.2. The first kappa shape index (κ1) is 14.9. The number of likely N-dealkylation sites (N-methyl/N-ethyl adjacent to an activating group) is 1. The van der Waals surface area contributed by atoms with Crippen LogP contribution in [0, 0.1) is 11.8 Å². The van der Waals surface area contributed by atoms with Crippen molar-refractivity contribution >= 4 is 0 Å². The summed E-state index contributed by atoms with van der Waals surface area (Å²) in [5, 5.41) is 3.48. The van der Waals surface area contributed by atoms with Gasteiger partial charge in [-0.05, 0) is 38.4 Å². The zero-order chi connectivity index (χ0) is 11.7. The maximum Gasteiger partial charge on any atom is 0.0104 e. The minimum absolute atomic E-state index is 0.760. The van der Waals surface area contributed by atoms with Crippen molar-refractivity contribution in [2.45, 2.75) is 40.5 Å². The Labute approximate surface area is 96.4 Å². The zero-order valence-corrected chi connectivity index (χ0v) is 11.3. The molecule has 0 spiro atoms. The van der Waals surface area contributed by atoms with Crippen LogP contribution in [-0.4, -0.2) is 38.1 Å². The van der Waals surface area contributed by atoms with Crippen LogP contribution in [0.25, 0.3) is 0 Å². The van der Waals surface area contributed by atoms with Crippen LogP contribution in [0.1, 0.15) is 40.5 Å². The van der Waals surface area contributed by atoms with Gasteiger partial charge in [-0.3, -0.25) is 0 Å². The highest BCUT2D eigenvalue weighted by Crippen LogP contribution is 2.06. The van der Waals surface area contributed by atoms with Gasteiger partial charge in [-0.1, -0.05) is 34.1 Å². The third-order valence-electron chi connectivity index (χ3n) is 2.92. The molecule has 1 unspecified atom stereocenters. The van der Waals surface area contributed by atoms with Crippen LogP contribution < -0.4 is 5.32 Å². The zero-order valence-electron chi connectivity index (χ0n) is 11.3. The van der Waals surface area contributed by atoms with Gasteiger partial charge in [0.2, 0.25) is 0 Å². The Bertz CT molecular complexity index is 134. The SMILES string of the molecule is CCC(C)CCN(C)CCNCC(C)C. The van der Waals surface area contributed by atoms with Crippen LogP contribution >= 0.6 is 0 Å². The van der Waals surface area contributed by atoms with Gasteiger partial charge < -0.3 is 10.2 Å². The van der Waals surface area contributed by atoms with Gasteiger partial charge in [-0.15, -0.1) is 0 Å². The fraction of sp³-hybridized carbons (Fsp3) is 1.00. The third-order valence-corrected chi connectivity index (χ3v) is 2.92. The molecular weight excluding hydrogens is 184 g/mol. The molecule has 0 fully saturated rings. The molecule has 92 valence electrons. The number of nitrogens with zero attached hydrogens (tertiary/aromatic N) is 1. The molecule has 0 aromatic carbocycles. The molecule has 0 aliphatic rings. The monoisotopic (exact) mass is 214 g/mol. The van der Waals surface area contributed by atoms with E-state index < -0.39 is 0 Å². The second kappa shape index (κ2) is 9.17. The summed E-state index contributed by atoms with van der Waals surface area (Å²) in [6.07, 6.45) is 2.64. The van der Waals surface area contributed by atoms with E-state index in [0.29, 0.717) is 0 Å². The van der Waals surface area contributed by atoms with E-state index in [2.05, 4.69) is 45.0 Å². The van der Waals surface area contributed by atoms with Crippen molar-refractivity contribution in [1.29, 1.82) is 0 Å². The second-order valence-corrected chi connectivity index (χ2v) is 5.20. The summed E-state index contributed by atoms with van der Waals surface area (Å²) in [5.74, 6) is 1.63. The van der Waals surface area contributed by atoms with E-state index >= 15 is 0 Å². The maximum atomic E-state index is 3.48. The van der Waals surface area contributed by atoms with E-state index in [1.165, 1.54) is 25.9 Å². The van der Waals surface area contributed by atoms with E-state index in [1.54, 1.807) is 0 Å². The fourth-order valence-electron chi connectivity index (χ4n) is 1.42. The quantitative estimate of drug-likeness (QED) is 0.594. The highest BCUT2D eigenvalue weighted by Gasteiger charge is 2.02. The molecule has 0 heterocycles. The van der Waals surface area contributed by atoms with Crippen LogP contribution in [0.15, 0.2) is 0 Å². The lowest BCUT2D eigenvalue weighted by atomic mass is 10.1. The van der Waals surface area contributed by atoms with E-state index in [9.17, 15) is 0 Å². The number of rotatable bonds is 9. The van der Waals surface area contributed by atoms with E-state index in [4.69, 9.17) is 0 Å². The topological polar surface area (TPSA) is 15.3 Å². The molecule has 0 aromatic heterocycles. The molecule has 0 radical (unpaired) electrons. The van der Waals surface area contributed by atoms with Crippen molar-refractivity contribution in [1.82, 2.24) is 10.2 Å². The van der Waals surface area contributed by atoms with Gasteiger partial charge in [0.1, 0.15) is 0 Å². The molecule has 0 aliphatic heterocycles. The Morgan fingerprint density at radius 3 is 2.33 bits per heavy atom. The van der Waals surface area contributed by atoms with Gasteiger partial charge in [0.15, 0.2) is 0 Å². The van der Waals surface area contributed by atoms with Gasteiger partial charge in [-0.25, -0.2) is 0 Å². The second-order valence-electron chi connectivity index (χ2n) is 5.20. The average molecular weight is 214 g/mol. The standard InChI is InChI=1S/C13H30N2/c1-6-13(4)7-9-15(5)10-8-14-11-12(2)3/h12-14H,6-11H2,1-5H3. The van der Waals surface area contributed by atoms with Crippen LogP contribution in [-0.2, 0) is 0 Å². The summed E-state index contributed by atoms with van der Waals surface area (Å²) in [7, 11) is 2.22. The first-order chi connectivity index (χ1) is 7.06. The molecule has 15 heavy (non-hydrogen) atoms. The predicted octanol–water partition coefficient (Wildman–Crippen LogP) is 2.60. The van der Waals surface area contributed by atoms with Crippen LogP contribution in [0.2, 0.25) is 0 Å². The molecule has 0 rings (SSSR count). The Morgan fingerprint density at radius 1 is 1.13 bits per heavy atom. The molecule has 0 aliphatic carbocycles. The average Bonchev–Trinajstić information content (AvgIpc) is 2.20. The lowest BCUT2D eigenvalue weighted by Gasteiger charge is -2.19. The molecule has 1 atom stereocenters. The first-order valence-electron chi connectivity index (χ1n) is 6.45. The van der Waals surface area contributed by atoms with E-state index in [1.807, 2.05) is 0 Å². The summed E-state index contributed by atoms with van der Waals surface area (Å²) < 4.78 is 0. The summed E-state index contributed by atoms with van der Waals surface area (Å²) in [4.78, 5) is 2.43. The largest absolute Gasteiger partial charge is 0.315 e. The number of hydrogen-bond acceptors (Lipinski definition) is 2. The summed E-state index contributed by atoms with van der Waals surface area (Å²) in [6.45, 7) is 13.8. The molecule has 0 saturated heterocycles. The van der Waals surface area contributed by atoms with Gasteiger partial charge in [0.25, 0.3) is 0 Å². The summed E-state index contributed by atoms with van der Waals surface area (Å²) in [6, 6.07) is 0. The Morgan fingerprint density at radius 2 is 1.80 bits per heavy atom. The molecular formula is C13H30N2. The van der Waals surface area contributed by atoms with Crippen molar-refractivity contribution in [3.8, 4) is 0 Å². The van der Waals surface area contributed by atoms with Gasteiger partial charge >= 0.3 is 0 Å². The van der Waals surface area contributed by atoms with Crippen molar-refractivity contribution in [3.05, 3.63) is 0 Å². The van der Waals surface area contributed by atoms with E-state index in [-0.39, 0.29) is 0 Å². The lowest BCUT2D eigenvalue weighted by Crippen LogP contribution is -2.32. The predicted molar refractivity (Wildman–Crippen MR) is 69.3 cm³/mol. The minimum Gasteiger partial charge on any atom is -0.315 e. The highest BCUT2D eigenvalue weighted by molar-refractivity contribution is 4.59.